The van der Waals surface area contributed by atoms with Gasteiger partial charge >= 0.3 is 0 Å². The minimum absolute atomic E-state index is 0.0421. The summed E-state index contributed by atoms with van der Waals surface area (Å²) in [6.07, 6.45) is 1.80. The van der Waals surface area contributed by atoms with E-state index in [4.69, 9.17) is 23.2 Å². The second kappa shape index (κ2) is 4.70. The molecule has 0 aliphatic heterocycles. The Kier molecular flexibility index (Phi) is 3.45. The number of nitrogens with zero attached hydrogens (tertiary/aromatic N) is 3. The van der Waals surface area contributed by atoms with Gasteiger partial charge in [-0.25, -0.2) is 4.98 Å². The zero-order valence-corrected chi connectivity index (χ0v) is 11.1. The smallest absolute Gasteiger partial charge is 0.296 e. The standard InChI is InChI=1S/C11H13Cl2N3O/c1-3-6(4-2)16-8-5-7(12)9(13)14-10(8)15-11(16)17/h5-6H,3-4H2,1-2H3,(H,14,15,17). The molecule has 17 heavy (non-hydrogen) atoms. The molecule has 0 bridgehead atoms. The highest BCUT2D eigenvalue weighted by Gasteiger charge is 2.18. The number of aromatic hydroxyl groups is 1. The van der Waals surface area contributed by atoms with Gasteiger partial charge in [-0.05, 0) is 18.9 Å². The van der Waals surface area contributed by atoms with Crippen LogP contribution in [0.15, 0.2) is 6.07 Å². The summed E-state index contributed by atoms with van der Waals surface area (Å²) in [5.41, 5.74) is 1.13. The van der Waals surface area contributed by atoms with Gasteiger partial charge in [0.25, 0.3) is 6.01 Å². The Morgan fingerprint density at radius 2 is 1.94 bits per heavy atom. The first kappa shape index (κ1) is 12.5. The highest BCUT2D eigenvalue weighted by atomic mass is 35.5. The molecule has 0 atom stereocenters. The predicted molar refractivity (Wildman–Crippen MR) is 68.8 cm³/mol. The SMILES string of the molecule is CCC(CC)n1c(O)nc2nc(Cl)c(Cl)cc21. The van der Waals surface area contributed by atoms with Crippen molar-refractivity contribution in [3.63, 3.8) is 0 Å². The van der Waals surface area contributed by atoms with Crippen LogP contribution in [0, 0.1) is 0 Å². The first-order chi connectivity index (χ1) is 8.08. The van der Waals surface area contributed by atoms with Crippen molar-refractivity contribution in [2.45, 2.75) is 32.7 Å². The molecular weight excluding hydrogens is 261 g/mol. The molecule has 0 fully saturated rings. The normalized spacial score (nSPS) is 11.6. The van der Waals surface area contributed by atoms with E-state index in [0.717, 1.165) is 12.8 Å². The van der Waals surface area contributed by atoms with Gasteiger partial charge in [-0.3, -0.25) is 4.57 Å². The molecule has 0 amide bonds. The molecule has 2 aromatic heterocycles. The molecule has 1 N–H and O–H groups in total. The second-order valence-electron chi connectivity index (χ2n) is 3.86. The van der Waals surface area contributed by atoms with Crippen molar-refractivity contribution < 1.29 is 5.11 Å². The summed E-state index contributed by atoms with van der Waals surface area (Å²) in [6.45, 7) is 4.12. The predicted octanol–water partition coefficient (Wildman–Crippen LogP) is 3.80. The van der Waals surface area contributed by atoms with Crippen molar-refractivity contribution in [3.8, 4) is 6.01 Å². The van der Waals surface area contributed by atoms with Crippen molar-refractivity contribution in [1.29, 1.82) is 0 Å². The first-order valence-electron chi connectivity index (χ1n) is 5.51. The van der Waals surface area contributed by atoms with E-state index in [0.29, 0.717) is 16.2 Å². The van der Waals surface area contributed by atoms with Crippen LogP contribution in [-0.2, 0) is 0 Å². The number of halogens is 2. The average molecular weight is 274 g/mol. The Morgan fingerprint density at radius 3 is 2.53 bits per heavy atom. The van der Waals surface area contributed by atoms with Crippen LogP contribution in [0.4, 0.5) is 0 Å². The van der Waals surface area contributed by atoms with Gasteiger partial charge in [0.15, 0.2) is 5.65 Å². The first-order valence-corrected chi connectivity index (χ1v) is 6.27. The molecule has 0 spiro atoms. The average Bonchev–Trinajstić information content (AvgIpc) is 2.59. The summed E-state index contributed by atoms with van der Waals surface area (Å²) in [5, 5.41) is 10.4. The van der Waals surface area contributed by atoms with Gasteiger partial charge in [0.05, 0.1) is 10.5 Å². The zero-order valence-electron chi connectivity index (χ0n) is 9.61. The molecule has 0 aromatic carbocycles. The molecule has 0 aliphatic rings. The van der Waals surface area contributed by atoms with Crippen molar-refractivity contribution in [2.75, 3.05) is 0 Å². The summed E-state index contributed by atoms with van der Waals surface area (Å²) in [4.78, 5) is 8.05. The molecule has 2 aromatic rings. The number of hydrogen-bond acceptors (Lipinski definition) is 3. The molecule has 0 radical (unpaired) electrons. The van der Waals surface area contributed by atoms with Crippen molar-refractivity contribution in [1.82, 2.24) is 14.5 Å². The number of pyridine rings is 1. The molecule has 2 rings (SSSR count). The van der Waals surface area contributed by atoms with Crippen LogP contribution in [0.5, 0.6) is 6.01 Å². The molecule has 0 saturated carbocycles. The fourth-order valence-electron chi connectivity index (χ4n) is 1.98. The molecule has 0 aliphatic carbocycles. The van der Waals surface area contributed by atoms with E-state index < -0.39 is 0 Å². The van der Waals surface area contributed by atoms with Crippen LogP contribution in [0.25, 0.3) is 11.2 Å². The minimum atomic E-state index is -0.0421. The number of fused-ring (bicyclic) bond motifs is 1. The van der Waals surface area contributed by atoms with Crippen LogP contribution in [-0.4, -0.2) is 19.6 Å². The third-order valence-electron chi connectivity index (χ3n) is 2.88. The molecular formula is C11H13Cl2N3O. The van der Waals surface area contributed by atoms with E-state index in [1.54, 1.807) is 10.6 Å². The van der Waals surface area contributed by atoms with Crippen LogP contribution in [0.2, 0.25) is 10.2 Å². The lowest BCUT2D eigenvalue weighted by atomic mass is 10.1. The lowest BCUT2D eigenvalue weighted by molar-refractivity contribution is 0.361. The summed E-state index contributed by atoms with van der Waals surface area (Å²) < 4.78 is 1.75. The van der Waals surface area contributed by atoms with E-state index in [2.05, 4.69) is 23.8 Å². The van der Waals surface area contributed by atoms with Gasteiger partial charge < -0.3 is 5.11 Å². The Morgan fingerprint density at radius 1 is 1.29 bits per heavy atom. The van der Waals surface area contributed by atoms with Gasteiger partial charge in [-0.2, -0.15) is 4.98 Å². The van der Waals surface area contributed by atoms with Crippen LogP contribution >= 0.6 is 23.2 Å². The fraction of sp³-hybridized carbons (Fsp3) is 0.455. The Bertz CT molecular complexity index is 549. The lowest BCUT2D eigenvalue weighted by Crippen LogP contribution is -2.06. The van der Waals surface area contributed by atoms with Crippen molar-refractivity contribution in [2.24, 2.45) is 0 Å². The van der Waals surface area contributed by atoms with Crippen LogP contribution in [0.1, 0.15) is 32.7 Å². The number of aromatic nitrogens is 3. The maximum atomic E-state index is 9.87. The molecule has 0 unspecified atom stereocenters. The lowest BCUT2D eigenvalue weighted by Gasteiger charge is -2.15. The highest BCUT2D eigenvalue weighted by Crippen LogP contribution is 2.31. The quantitative estimate of drug-likeness (QED) is 0.866. The fourth-order valence-corrected chi connectivity index (χ4v) is 2.26. The monoisotopic (exact) mass is 273 g/mol. The van der Waals surface area contributed by atoms with E-state index in [9.17, 15) is 5.11 Å². The topological polar surface area (TPSA) is 50.9 Å². The Labute approximate surface area is 109 Å². The van der Waals surface area contributed by atoms with E-state index >= 15 is 0 Å². The van der Waals surface area contributed by atoms with E-state index in [1.165, 1.54) is 0 Å². The number of hydrogen-bond donors (Lipinski definition) is 1. The summed E-state index contributed by atoms with van der Waals surface area (Å²) in [7, 11) is 0. The zero-order chi connectivity index (χ0) is 12.6. The van der Waals surface area contributed by atoms with Crippen molar-refractivity contribution >= 4 is 34.4 Å². The maximum Gasteiger partial charge on any atom is 0.296 e. The van der Waals surface area contributed by atoms with Gasteiger partial charge in [-0.1, -0.05) is 37.0 Å². The molecule has 2 heterocycles. The van der Waals surface area contributed by atoms with Crippen LogP contribution < -0.4 is 0 Å². The molecule has 4 nitrogen and oxygen atoms in total. The van der Waals surface area contributed by atoms with Gasteiger partial charge in [0, 0.05) is 6.04 Å². The molecule has 92 valence electrons. The molecule has 0 saturated heterocycles. The number of rotatable bonds is 3. The summed E-state index contributed by atoms with van der Waals surface area (Å²) >= 11 is 11.8. The highest BCUT2D eigenvalue weighted by molar-refractivity contribution is 6.41. The maximum absolute atomic E-state index is 9.87. The third-order valence-corrected chi connectivity index (χ3v) is 3.56. The van der Waals surface area contributed by atoms with Gasteiger partial charge in [0.2, 0.25) is 0 Å². The number of imidazole rings is 1. The van der Waals surface area contributed by atoms with E-state index in [1.807, 2.05) is 0 Å². The third kappa shape index (κ3) is 2.07. The van der Waals surface area contributed by atoms with Gasteiger partial charge in [-0.15, -0.1) is 0 Å². The largest absolute Gasteiger partial charge is 0.480 e. The van der Waals surface area contributed by atoms with Gasteiger partial charge in [0.1, 0.15) is 5.15 Å². The van der Waals surface area contributed by atoms with Crippen molar-refractivity contribution in [3.05, 3.63) is 16.2 Å². The Hall–Kier alpha value is -1.000. The second-order valence-corrected chi connectivity index (χ2v) is 4.62. The van der Waals surface area contributed by atoms with Crippen LogP contribution in [0.3, 0.4) is 0 Å². The summed E-state index contributed by atoms with van der Waals surface area (Å²) in [6, 6.07) is 1.83. The Balaban J connectivity index is 2.70. The molecule has 6 heteroatoms. The van der Waals surface area contributed by atoms with E-state index in [-0.39, 0.29) is 17.2 Å². The summed E-state index contributed by atoms with van der Waals surface area (Å²) in [5.74, 6) is 0. The minimum Gasteiger partial charge on any atom is -0.480 e.